The van der Waals surface area contributed by atoms with E-state index in [-0.39, 0.29) is 37.5 Å². The number of methoxy groups -OCH3 is 1. The normalized spacial score (nSPS) is 20.1. The Bertz CT molecular complexity index is 843. The zero-order chi connectivity index (χ0) is 19.0. The molecule has 1 amide bonds. The van der Waals surface area contributed by atoms with Gasteiger partial charge in [-0.05, 0) is 28.7 Å². The van der Waals surface area contributed by atoms with E-state index in [0.717, 1.165) is 11.1 Å². The number of esters is 1. The number of likely N-dealkylation sites (tertiary alicyclic amines) is 1. The van der Waals surface area contributed by atoms with Gasteiger partial charge in [0.15, 0.2) is 0 Å². The predicted molar refractivity (Wildman–Crippen MR) is 107 cm³/mol. The molecule has 0 unspecified atom stereocenters. The number of carbonyl (C=O) groups excluding carboxylic acids is 2. The van der Waals surface area contributed by atoms with Gasteiger partial charge in [0.1, 0.15) is 12.6 Å². The zero-order valence-corrected chi connectivity index (χ0v) is 16.4. The summed E-state index contributed by atoms with van der Waals surface area (Å²) in [4.78, 5) is 26.0. The van der Waals surface area contributed by atoms with Gasteiger partial charge in [0, 0.05) is 18.5 Å². The Morgan fingerprint density at radius 2 is 1.64 bits per heavy atom. The summed E-state index contributed by atoms with van der Waals surface area (Å²) < 4.78 is 10.4. The molecule has 0 spiro atoms. The van der Waals surface area contributed by atoms with Crippen molar-refractivity contribution in [2.75, 3.05) is 20.3 Å². The molecule has 0 bridgehead atoms. The fourth-order valence-corrected chi connectivity index (χ4v) is 4.11. The lowest BCUT2D eigenvalue weighted by atomic mass is 9.98. The van der Waals surface area contributed by atoms with Gasteiger partial charge in [0.2, 0.25) is 0 Å². The van der Waals surface area contributed by atoms with Crippen LogP contribution in [0.15, 0.2) is 48.5 Å². The van der Waals surface area contributed by atoms with Gasteiger partial charge < -0.3 is 15.2 Å². The van der Waals surface area contributed by atoms with Crippen molar-refractivity contribution in [3.63, 3.8) is 0 Å². The second kappa shape index (κ2) is 8.20. The van der Waals surface area contributed by atoms with Gasteiger partial charge in [-0.25, -0.2) is 9.59 Å². The van der Waals surface area contributed by atoms with Crippen molar-refractivity contribution < 1.29 is 19.1 Å². The molecule has 4 rings (SSSR count). The topological polar surface area (TPSA) is 81.9 Å². The van der Waals surface area contributed by atoms with E-state index >= 15 is 0 Å². The van der Waals surface area contributed by atoms with E-state index in [2.05, 4.69) is 24.3 Å². The molecule has 0 aromatic heterocycles. The number of nitrogens with two attached hydrogens (primary N) is 1. The third-order valence-corrected chi connectivity index (χ3v) is 5.38. The SMILES string of the molecule is COC(=O)[C@@H]1C[C@H](N)CN1C(=O)OCC1c2ccccc2-c2ccccc21.Cl. The quantitative estimate of drug-likeness (QED) is 0.798. The van der Waals surface area contributed by atoms with Crippen molar-refractivity contribution in [3.05, 3.63) is 59.7 Å². The number of halogens is 1. The van der Waals surface area contributed by atoms with Crippen LogP contribution < -0.4 is 5.73 Å². The molecule has 1 fully saturated rings. The van der Waals surface area contributed by atoms with E-state index in [1.807, 2.05) is 24.3 Å². The molecule has 0 radical (unpaired) electrons. The number of fused-ring (bicyclic) bond motifs is 3. The molecule has 2 atom stereocenters. The van der Waals surface area contributed by atoms with E-state index in [4.69, 9.17) is 15.2 Å². The first-order valence-electron chi connectivity index (χ1n) is 9.05. The van der Waals surface area contributed by atoms with Crippen LogP contribution in [0.5, 0.6) is 0 Å². The summed E-state index contributed by atoms with van der Waals surface area (Å²) in [7, 11) is 1.31. The number of nitrogens with zero attached hydrogens (tertiary/aromatic N) is 1. The van der Waals surface area contributed by atoms with Gasteiger partial charge in [0.05, 0.1) is 7.11 Å². The summed E-state index contributed by atoms with van der Waals surface area (Å²) in [5, 5.41) is 0. The van der Waals surface area contributed by atoms with Gasteiger partial charge in [-0.1, -0.05) is 48.5 Å². The Morgan fingerprint density at radius 1 is 1.07 bits per heavy atom. The van der Waals surface area contributed by atoms with Gasteiger partial charge >= 0.3 is 12.1 Å². The molecule has 1 saturated heterocycles. The van der Waals surface area contributed by atoms with Crippen molar-refractivity contribution in [3.8, 4) is 11.1 Å². The molecular weight excluding hydrogens is 380 g/mol. The van der Waals surface area contributed by atoms with E-state index < -0.39 is 18.1 Å². The van der Waals surface area contributed by atoms with Crippen LogP contribution in [-0.2, 0) is 14.3 Å². The minimum Gasteiger partial charge on any atom is -0.467 e. The van der Waals surface area contributed by atoms with Crippen molar-refractivity contribution in [2.45, 2.75) is 24.4 Å². The van der Waals surface area contributed by atoms with E-state index in [1.165, 1.54) is 23.1 Å². The summed E-state index contributed by atoms with van der Waals surface area (Å²) in [6.45, 7) is 0.503. The van der Waals surface area contributed by atoms with Crippen LogP contribution in [0.1, 0.15) is 23.5 Å². The molecule has 1 aliphatic heterocycles. The molecular formula is C21H23ClN2O4. The fraction of sp³-hybridized carbons (Fsp3) is 0.333. The Balaban J connectivity index is 0.00000225. The van der Waals surface area contributed by atoms with Crippen molar-refractivity contribution >= 4 is 24.5 Å². The van der Waals surface area contributed by atoms with E-state index in [0.29, 0.717) is 6.42 Å². The Labute approximate surface area is 170 Å². The van der Waals surface area contributed by atoms with Gasteiger partial charge in [-0.2, -0.15) is 0 Å². The van der Waals surface area contributed by atoms with Crippen molar-refractivity contribution in [1.29, 1.82) is 0 Å². The van der Waals surface area contributed by atoms with Crippen LogP contribution in [-0.4, -0.2) is 49.3 Å². The van der Waals surface area contributed by atoms with E-state index in [9.17, 15) is 9.59 Å². The number of hydrogen-bond acceptors (Lipinski definition) is 5. The summed E-state index contributed by atoms with van der Waals surface area (Å²) in [5.41, 5.74) is 10.6. The van der Waals surface area contributed by atoms with Gasteiger partial charge in [-0.3, -0.25) is 4.90 Å². The first-order chi connectivity index (χ1) is 13.1. The fourth-order valence-electron chi connectivity index (χ4n) is 4.11. The molecule has 2 N–H and O–H groups in total. The lowest BCUT2D eigenvalue weighted by Crippen LogP contribution is -2.42. The number of carbonyl (C=O) groups is 2. The average molecular weight is 403 g/mol. The highest BCUT2D eigenvalue weighted by Gasteiger charge is 2.40. The van der Waals surface area contributed by atoms with E-state index in [1.54, 1.807) is 0 Å². The highest BCUT2D eigenvalue weighted by molar-refractivity contribution is 5.85. The molecule has 1 heterocycles. The third kappa shape index (κ3) is 3.45. The number of ether oxygens (including phenoxy) is 2. The molecule has 148 valence electrons. The summed E-state index contributed by atoms with van der Waals surface area (Å²) in [6, 6.07) is 15.4. The van der Waals surface area contributed by atoms with Crippen LogP contribution in [0.2, 0.25) is 0 Å². The number of rotatable bonds is 3. The smallest absolute Gasteiger partial charge is 0.410 e. The monoisotopic (exact) mass is 402 g/mol. The second-order valence-corrected chi connectivity index (χ2v) is 6.99. The Hall–Kier alpha value is -2.57. The molecule has 28 heavy (non-hydrogen) atoms. The maximum Gasteiger partial charge on any atom is 0.410 e. The molecule has 2 aliphatic rings. The average Bonchev–Trinajstić information content (AvgIpc) is 3.24. The number of benzene rings is 2. The minimum absolute atomic E-state index is 0. The zero-order valence-electron chi connectivity index (χ0n) is 15.5. The molecule has 2 aromatic rings. The standard InChI is InChI=1S/C21H22N2O4.ClH/c1-26-20(24)19-10-13(22)11-23(19)21(25)27-12-18-16-8-4-2-6-14(16)15-7-3-5-9-17(15)18;/h2-9,13,18-19H,10-12,22H2,1H3;1H/t13-,19-;/m0./s1. The van der Waals surface area contributed by atoms with Gasteiger partial charge in [0.25, 0.3) is 0 Å². The molecule has 1 aliphatic carbocycles. The lowest BCUT2D eigenvalue weighted by molar-refractivity contribution is -0.145. The molecule has 0 saturated carbocycles. The summed E-state index contributed by atoms with van der Waals surface area (Å²) >= 11 is 0. The third-order valence-electron chi connectivity index (χ3n) is 5.38. The predicted octanol–water partition coefficient (Wildman–Crippen LogP) is 2.93. The minimum atomic E-state index is -0.680. The molecule has 7 heteroatoms. The van der Waals surface area contributed by atoms with Crippen molar-refractivity contribution in [2.24, 2.45) is 5.73 Å². The van der Waals surface area contributed by atoms with Gasteiger partial charge in [-0.15, -0.1) is 12.4 Å². The van der Waals surface area contributed by atoms with Crippen LogP contribution in [0.3, 0.4) is 0 Å². The van der Waals surface area contributed by atoms with Crippen LogP contribution >= 0.6 is 12.4 Å². The highest BCUT2D eigenvalue weighted by atomic mass is 35.5. The maximum absolute atomic E-state index is 12.6. The lowest BCUT2D eigenvalue weighted by Gasteiger charge is -2.23. The number of amides is 1. The Kier molecular flexibility index (Phi) is 5.91. The molecule has 6 nitrogen and oxygen atoms in total. The summed E-state index contributed by atoms with van der Waals surface area (Å²) in [6.07, 6.45) is -0.142. The number of hydrogen-bond donors (Lipinski definition) is 1. The first-order valence-corrected chi connectivity index (χ1v) is 9.05. The highest BCUT2D eigenvalue weighted by Crippen LogP contribution is 2.44. The molecule has 2 aromatic carbocycles. The first kappa shape index (κ1) is 20.2. The van der Waals surface area contributed by atoms with Crippen LogP contribution in [0.25, 0.3) is 11.1 Å². The Morgan fingerprint density at radius 3 is 2.21 bits per heavy atom. The maximum atomic E-state index is 12.6. The van der Waals surface area contributed by atoms with Crippen LogP contribution in [0.4, 0.5) is 4.79 Å². The van der Waals surface area contributed by atoms with Crippen LogP contribution in [0, 0.1) is 0 Å². The second-order valence-electron chi connectivity index (χ2n) is 6.99. The largest absolute Gasteiger partial charge is 0.467 e. The van der Waals surface area contributed by atoms with Crippen molar-refractivity contribution in [1.82, 2.24) is 4.90 Å². The summed E-state index contributed by atoms with van der Waals surface area (Å²) in [5.74, 6) is -0.481.